The Morgan fingerprint density at radius 1 is 0.352 bits per heavy atom. The molecular weight excluding hydrogens is 1190 g/mol. The molecule has 91 heavy (non-hydrogen) atoms. The van der Waals surface area contributed by atoms with Crippen molar-refractivity contribution in [2.24, 2.45) is 34.5 Å². The summed E-state index contributed by atoms with van der Waals surface area (Å²) in [5.74, 6) is -12.9. The molecule has 0 aromatic heterocycles. The summed E-state index contributed by atoms with van der Waals surface area (Å²) < 4.78 is 49.1. The van der Waals surface area contributed by atoms with Gasteiger partial charge < -0.3 is 89.5 Å². The van der Waals surface area contributed by atoms with Gasteiger partial charge in [-0.25, -0.2) is 0 Å². The van der Waals surface area contributed by atoms with Gasteiger partial charge in [0.05, 0.1) is 73.5 Å². The maximum Gasteiger partial charge on any atom is 0.309 e. The van der Waals surface area contributed by atoms with Gasteiger partial charge in [-0.1, -0.05) is 55.4 Å². The monoisotopic (exact) mass is 1300 g/mol. The number of aliphatic carboxylic acids is 2. The zero-order chi connectivity index (χ0) is 68.1. The number of carbonyl (C=O) groups is 11. The summed E-state index contributed by atoms with van der Waals surface area (Å²) in [7, 11) is 0. The third-order valence-corrected chi connectivity index (χ3v) is 14.8. The Kier molecular flexibility index (Phi) is 49.9. The van der Waals surface area contributed by atoms with E-state index in [1.54, 1.807) is 6.92 Å². The highest BCUT2D eigenvalue weighted by atomic mass is 16.6. The van der Waals surface area contributed by atoms with E-state index in [1.165, 1.54) is 6.92 Å². The molecule has 0 aliphatic rings. The van der Waals surface area contributed by atoms with Gasteiger partial charge in [0.2, 0.25) is 0 Å². The minimum Gasteiger partial charge on any atom is -0.550 e. The highest BCUT2D eigenvalue weighted by Gasteiger charge is 2.36. The molecule has 0 amide bonds. The fourth-order valence-corrected chi connectivity index (χ4v) is 8.55. The molecule has 4 unspecified atom stereocenters. The van der Waals surface area contributed by atoms with Crippen LogP contribution in [0.2, 0.25) is 0 Å². The summed E-state index contributed by atoms with van der Waals surface area (Å²) in [5, 5.41) is 40.8. The first-order valence-corrected chi connectivity index (χ1v) is 32.7. The van der Waals surface area contributed by atoms with E-state index in [2.05, 4.69) is 31.9 Å². The molecule has 0 bridgehead atoms. The third-order valence-electron chi connectivity index (χ3n) is 14.8. The van der Waals surface area contributed by atoms with Gasteiger partial charge in [-0.15, -0.1) is 0 Å². The lowest BCUT2D eigenvalue weighted by molar-refractivity contribution is -0.312. The standard InChI is InChI=1S/C63H112N6O22/c1-9-23-64-27-16-51(70)86-41-62(14-6,42-87-52(71)17-28-65-24-10-2)45-90-55(74)20-31-68-33-36-83-57(76)22-35-84-60(81)47(8)38-49(58(77)78)40-50(59(79)80)39-48(13-5)61(82)85-37-34-69-32-21-56(75)91-46-63(15-7,43-88-53(72)18-29-66-25-11-3)44-89-54(73)19-30-67-26-12-4/h47-50,64-69H,9-46H2,1-8H3,(H,77,78)(H,79,80)/p-1. The molecule has 7 N–H and O–H groups in total. The number of esters is 9. The largest absolute Gasteiger partial charge is 0.550 e. The van der Waals surface area contributed by atoms with E-state index in [-0.39, 0.29) is 150 Å². The van der Waals surface area contributed by atoms with Crippen LogP contribution in [0.15, 0.2) is 0 Å². The molecule has 4 atom stereocenters. The van der Waals surface area contributed by atoms with Crippen LogP contribution in [0.3, 0.4) is 0 Å². The number of hydrogen-bond donors (Lipinski definition) is 7. The average Bonchev–Trinajstić information content (AvgIpc) is 2.42. The normalized spacial score (nSPS) is 12.7. The van der Waals surface area contributed by atoms with Crippen LogP contribution in [0.25, 0.3) is 0 Å². The fraction of sp³-hybridized carbons (Fsp3) is 0.825. The summed E-state index contributed by atoms with van der Waals surface area (Å²) in [5.41, 5.74) is -1.96. The number of hydrogen-bond acceptors (Lipinski definition) is 27. The van der Waals surface area contributed by atoms with Crippen LogP contribution in [0, 0.1) is 34.5 Å². The molecule has 526 valence electrons. The van der Waals surface area contributed by atoms with E-state index in [1.807, 2.05) is 41.5 Å². The predicted octanol–water partition coefficient (Wildman–Crippen LogP) is 2.48. The van der Waals surface area contributed by atoms with E-state index in [0.717, 1.165) is 51.9 Å². The molecule has 0 rings (SSSR count). The van der Waals surface area contributed by atoms with Crippen LogP contribution < -0.4 is 37.0 Å². The molecular formula is C63H111N6O22-. The van der Waals surface area contributed by atoms with Crippen molar-refractivity contribution < 1.29 is 106 Å². The number of carboxylic acids is 2. The molecule has 0 aromatic rings. The highest BCUT2D eigenvalue weighted by Crippen LogP contribution is 2.29. The van der Waals surface area contributed by atoms with Gasteiger partial charge in [0.1, 0.15) is 59.5 Å². The number of ether oxygens (including phenoxy) is 9. The zero-order valence-electron chi connectivity index (χ0n) is 55.7. The number of carbonyl (C=O) groups excluding carboxylic acids is 10. The van der Waals surface area contributed by atoms with Crippen molar-refractivity contribution in [2.45, 2.75) is 165 Å². The van der Waals surface area contributed by atoms with Gasteiger partial charge in [-0.05, 0) is 90.4 Å². The predicted molar refractivity (Wildman–Crippen MR) is 331 cm³/mol. The van der Waals surface area contributed by atoms with E-state index in [4.69, 9.17) is 42.6 Å². The lowest BCUT2D eigenvalue weighted by atomic mass is 9.82. The minimum absolute atomic E-state index is 0.0600. The van der Waals surface area contributed by atoms with Crippen LogP contribution in [0.4, 0.5) is 0 Å². The van der Waals surface area contributed by atoms with Crippen molar-refractivity contribution >= 4 is 65.7 Å². The van der Waals surface area contributed by atoms with Gasteiger partial charge in [0.15, 0.2) is 0 Å². The lowest BCUT2D eigenvalue weighted by Gasteiger charge is -2.31. The van der Waals surface area contributed by atoms with Crippen molar-refractivity contribution in [2.75, 3.05) is 138 Å². The zero-order valence-corrected chi connectivity index (χ0v) is 55.7. The molecule has 0 fully saturated rings. The van der Waals surface area contributed by atoms with Crippen LogP contribution in [-0.2, 0) is 95.4 Å². The van der Waals surface area contributed by atoms with Crippen molar-refractivity contribution in [1.29, 1.82) is 0 Å². The summed E-state index contributed by atoms with van der Waals surface area (Å²) in [6, 6.07) is 0. The van der Waals surface area contributed by atoms with Gasteiger partial charge in [-0.3, -0.25) is 47.9 Å². The molecule has 28 nitrogen and oxygen atoms in total. The Hall–Kier alpha value is -6.07. The lowest BCUT2D eigenvalue weighted by Crippen LogP contribution is -2.39. The first-order valence-electron chi connectivity index (χ1n) is 32.7. The molecule has 28 heteroatoms. The fourth-order valence-electron chi connectivity index (χ4n) is 8.55. The highest BCUT2D eigenvalue weighted by molar-refractivity contribution is 5.78. The Morgan fingerprint density at radius 2 is 0.648 bits per heavy atom. The van der Waals surface area contributed by atoms with Gasteiger partial charge in [0.25, 0.3) is 0 Å². The second-order valence-corrected chi connectivity index (χ2v) is 22.7. The SMILES string of the molecule is CCCNCCC(=O)OCC(CC)(COC(=O)CCNCCC)COC(=O)CCNCCOC(=O)CCOC(=O)C(C)CC(CC(CC(CC)C(=O)OCCNCCC(=O)OCC(CC)(COC(=O)CCNCCC)COC(=O)CCNCCC)C(=O)O)C(=O)[O-]. The van der Waals surface area contributed by atoms with E-state index < -0.39 is 107 Å². The van der Waals surface area contributed by atoms with Crippen molar-refractivity contribution in [1.82, 2.24) is 31.9 Å². The van der Waals surface area contributed by atoms with E-state index in [0.29, 0.717) is 39.0 Å². The van der Waals surface area contributed by atoms with E-state index >= 15 is 0 Å². The van der Waals surface area contributed by atoms with Crippen molar-refractivity contribution in [3.8, 4) is 0 Å². The average molecular weight is 1300 g/mol. The number of rotatable bonds is 60. The second kappa shape index (κ2) is 53.4. The van der Waals surface area contributed by atoms with Crippen LogP contribution in [0.1, 0.15) is 165 Å². The smallest absolute Gasteiger partial charge is 0.309 e. The van der Waals surface area contributed by atoms with Gasteiger partial charge >= 0.3 is 59.7 Å². The summed E-state index contributed by atoms with van der Waals surface area (Å²) in [6.07, 6.45) is 3.53. The number of nitrogens with one attached hydrogen (secondary N) is 6. The van der Waals surface area contributed by atoms with E-state index in [9.17, 15) is 63.0 Å². The van der Waals surface area contributed by atoms with Gasteiger partial charge in [-0.2, -0.15) is 0 Å². The first-order chi connectivity index (χ1) is 43.6. The Morgan fingerprint density at radius 3 is 0.945 bits per heavy atom. The van der Waals surface area contributed by atoms with Crippen LogP contribution in [0.5, 0.6) is 0 Å². The molecule has 0 radical (unpaired) electrons. The summed E-state index contributed by atoms with van der Waals surface area (Å²) in [6.45, 7) is 18.5. The molecule has 0 heterocycles. The molecule has 0 aromatic carbocycles. The Bertz CT molecular complexity index is 2050. The maximum absolute atomic E-state index is 13.1. The van der Waals surface area contributed by atoms with Crippen LogP contribution in [-0.4, -0.2) is 209 Å². The molecule has 0 spiro atoms. The maximum atomic E-state index is 13.1. The molecule has 0 saturated heterocycles. The third kappa shape index (κ3) is 43.4. The Labute approximate surface area is 538 Å². The van der Waals surface area contributed by atoms with Crippen molar-refractivity contribution in [3.63, 3.8) is 0 Å². The molecule has 0 aliphatic carbocycles. The number of carboxylic acid groups (broad SMARTS) is 2. The molecule has 0 aliphatic heterocycles. The topological polar surface area (TPSA) is 386 Å². The van der Waals surface area contributed by atoms with Crippen molar-refractivity contribution in [3.05, 3.63) is 0 Å². The first kappa shape index (κ1) is 84.9. The second-order valence-electron chi connectivity index (χ2n) is 22.7. The summed E-state index contributed by atoms with van der Waals surface area (Å²) >= 11 is 0. The molecule has 0 saturated carbocycles. The van der Waals surface area contributed by atoms with Crippen LogP contribution >= 0.6 is 0 Å². The summed E-state index contributed by atoms with van der Waals surface area (Å²) in [4.78, 5) is 139. The van der Waals surface area contributed by atoms with Gasteiger partial charge in [0, 0.05) is 64.2 Å². The minimum atomic E-state index is -1.60. The quantitative estimate of drug-likeness (QED) is 0.0261. The Balaban J connectivity index is 5.00.